The molecule has 0 bridgehead atoms. The summed E-state index contributed by atoms with van der Waals surface area (Å²) in [6, 6.07) is 2.48. The van der Waals surface area contributed by atoms with Gasteiger partial charge in [-0.1, -0.05) is 0 Å². The highest BCUT2D eigenvalue weighted by molar-refractivity contribution is 5.85. The molecule has 7 nitrogen and oxygen atoms in total. The van der Waals surface area contributed by atoms with Crippen molar-refractivity contribution in [2.24, 2.45) is 0 Å². The number of aromatic amines is 1. The van der Waals surface area contributed by atoms with Gasteiger partial charge in [0.25, 0.3) is 0 Å². The number of nitrogen functional groups attached to an aromatic ring is 1. The Balaban J connectivity index is 0.00000132. The van der Waals surface area contributed by atoms with Crippen molar-refractivity contribution in [1.82, 2.24) is 25.5 Å². The van der Waals surface area contributed by atoms with E-state index in [1.165, 1.54) is 0 Å². The number of rotatable bonds is 3. The van der Waals surface area contributed by atoms with Crippen LogP contribution in [-0.2, 0) is 0 Å². The van der Waals surface area contributed by atoms with Gasteiger partial charge < -0.3 is 16.0 Å². The first-order chi connectivity index (χ1) is 10.1. The highest BCUT2D eigenvalue weighted by atomic mass is 35.5. The number of hydrogen-bond donors (Lipinski definition) is 3. The number of anilines is 2. The minimum Gasteiger partial charge on any atom is -0.368 e. The molecule has 1 atom stereocenters. The van der Waals surface area contributed by atoms with Crippen LogP contribution in [0.3, 0.4) is 0 Å². The normalized spacial score (nSPS) is 16.8. The van der Waals surface area contributed by atoms with E-state index in [9.17, 15) is 0 Å². The molecule has 9 heteroatoms. The van der Waals surface area contributed by atoms with Crippen molar-refractivity contribution in [2.45, 2.75) is 26.3 Å². The van der Waals surface area contributed by atoms with E-state index in [4.69, 9.17) is 5.73 Å². The van der Waals surface area contributed by atoms with E-state index in [2.05, 4.69) is 30.4 Å². The van der Waals surface area contributed by atoms with Crippen molar-refractivity contribution in [1.29, 1.82) is 0 Å². The number of aromatic nitrogens is 4. The van der Waals surface area contributed by atoms with E-state index < -0.39 is 0 Å². The van der Waals surface area contributed by atoms with Crippen molar-refractivity contribution in [3.05, 3.63) is 17.3 Å². The third-order valence-electron chi connectivity index (χ3n) is 4.16. The molecule has 1 aliphatic rings. The van der Waals surface area contributed by atoms with Crippen LogP contribution in [0.1, 0.15) is 17.7 Å². The SMILES string of the molecule is CNC1CCN(c2cc(-c3[nH]nc(C)c3C)nc(N)n2)C1.Cl.Cl. The Morgan fingerprint density at radius 3 is 2.61 bits per heavy atom. The van der Waals surface area contributed by atoms with E-state index in [1.54, 1.807) is 0 Å². The maximum absolute atomic E-state index is 5.89. The highest BCUT2D eigenvalue weighted by Gasteiger charge is 2.23. The minimum absolute atomic E-state index is 0. The van der Waals surface area contributed by atoms with Gasteiger partial charge in [-0.15, -0.1) is 24.8 Å². The Hall–Kier alpha value is -1.57. The number of halogens is 2. The molecule has 1 fully saturated rings. The number of aryl methyl sites for hydroxylation is 1. The lowest BCUT2D eigenvalue weighted by Crippen LogP contribution is -2.30. The van der Waals surface area contributed by atoms with Crippen LogP contribution in [0, 0.1) is 13.8 Å². The lowest BCUT2D eigenvalue weighted by atomic mass is 10.1. The number of nitrogens with one attached hydrogen (secondary N) is 2. The fourth-order valence-electron chi connectivity index (χ4n) is 2.68. The smallest absolute Gasteiger partial charge is 0.222 e. The summed E-state index contributed by atoms with van der Waals surface area (Å²) in [4.78, 5) is 11.0. The Bertz CT molecular complexity index is 659. The van der Waals surface area contributed by atoms with Gasteiger partial charge in [0, 0.05) is 25.2 Å². The lowest BCUT2D eigenvalue weighted by molar-refractivity contribution is 0.616. The molecule has 0 amide bonds. The zero-order valence-corrected chi connectivity index (χ0v) is 15.1. The van der Waals surface area contributed by atoms with Gasteiger partial charge in [0.1, 0.15) is 5.82 Å². The second-order valence-electron chi connectivity index (χ2n) is 5.50. The number of nitrogens with zero attached hydrogens (tertiary/aromatic N) is 4. The molecule has 0 saturated carbocycles. The molecule has 23 heavy (non-hydrogen) atoms. The van der Waals surface area contributed by atoms with Gasteiger partial charge in [0.2, 0.25) is 5.95 Å². The van der Waals surface area contributed by atoms with Crippen molar-refractivity contribution in [3.8, 4) is 11.4 Å². The van der Waals surface area contributed by atoms with Gasteiger partial charge in [-0.05, 0) is 32.9 Å². The highest BCUT2D eigenvalue weighted by Crippen LogP contribution is 2.26. The maximum atomic E-state index is 5.89. The second-order valence-corrected chi connectivity index (χ2v) is 5.50. The molecule has 4 N–H and O–H groups in total. The Labute approximate surface area is 148 Å². The molecular formula is C14H23Cl2N7. The quantitative estimate of drug-likeness (QED) is 0.771. The first-order valence-electron chi connectivity index (χ1n) is 7.17. The molecule has 2 aromatic heterocycles. The van der Waals surface area contributed by atoms with Gasteiger partial charge in [0.05, 0.1) is 17.1 Å². The number of hydrogen-bond acceptors (Lipinski definition) is 6. The predicted octanol–water partition coefficient (Wildman–Crippen LogP) is 1.71. The largest absolute Gasteiger partial charge is 0.368 e. The van der Waals surface area contributed by atoms with Crippen molar-refractivity contribution < 1.29 is 0 Å². The van der Waals surface area contributed by atoms with Gasteiger partial charge in [-0.2, -0.15) is 10.1 Å². The summed E-state index contributed by atoms with van der Waals surface area (Å²) < 4.78 is 0. The van der Waals surface area contributed by atoms with Gasteiger partial charge >= 0.3 is 0 Å². The number of H-pyrrole nitrogens is 1. The monoisotopic (exact) mass is 359 g/mol. The molecule has 1 unspecified atom stereocenters. The zero-order valence-electron chi connectivity index (χ0n) is 13.5. The van der Waals surface area contributed by atoms with Gasteiger partial charge in [-0.3, -0.25) is 5.10 Å². The summed E-state index contributed by atoms with van der Waals surface area (Å²) in [7, 11) is 1.99. The van der Waals surface area contributed by atoms with Crippen LogP contribution in [-0.4, -0.2) is 46.3 Å². The predicted molar refractivity (Wildman–Crippen MR) is 97.7 cm³/mol. The van der Waals surface area contributed by atoms with Crippen LogP contribution in [0.15, 0.2) is 6.07 Å². The third-order valence-corrected chi connectivity index (χ3v) is 4.16. The first kappa shape index (κ1) is 19.5. The molecule has 1 saturated heterocycles. The molecule has 2 aromatic rings. The maximum Gasteiger partial charge on any atom is 0.222 e. The van der Waals surface area contributed by atoms with Crippen molar-refractivity contribution in [3.63, 3.8) is 0 Å². The fraction of sp³-hybridized carbons (Fsp3) is 0.500. The van der Waals surface area contributed by atoms with E-state index in [1.807, 2.05) is 27.0 Å². The topological polar surface area (TPSA) is 95.8 Å². The van der Waals surface area contributed by atoms with E-state index in [0.29, 0.717) is 12.0 Å². The van der Waals surface area contributed by atoms with E-state index in [0.717, 1.165) is 48.0 Å². The average molecular weight is 360 g/mol. The Morgan fingerprint density at radius 2 is 2.04 bits per heavy atom. The van der Waals surface area contributed by atoms with Crippen LogP contribution >= 0.6 is 24.8 Å². The average Bonchev–Trinajstić information content (AvgIpc) is 3.06. The summed E-state index contributed by atoms with van der Waals surface area (Å²) in [5, 5.41) is 10.6. The molecular weight excluding hydrogens is 337 g/mol. The van der Waals surface area contributed by atoms with Crippen LogP contribution < -0.4 is 16.0 Å². The molecule has 0 aliphatic carbocycles. The first-order valence-corrected chi connectivity index (χ1v) is 7.17. The number of likely N-dealkylation sites (N-methyl/N-ethyl adjacent to an activating group) is 1. The van der Waals surface area contributed by atoms with Crippen molar-refractivity contribution >= 4 is 36.6 Å². The number of nitrogens with two attached hydrogens (primary N) is 1. The summed E-state index contributed by atoms with van der Waals surface area (Å²) in [6.07, 6.45) is 1.11. The zero-order chi connectivity index (χ0) is 15.0. The standard InChI is InChI=1S/C14H21N7.2ClH/c1-8-9(2)19-20-13(8)11-6-12(18-14(15)17-11)21-5-4-10(7-21)16-3;;/h6,10,16H,4-5,7H2,1-3H3,(H,19,20)(H2,15,17,18);2*1H. The van der Waals surface area contributed by atoms with Gasteiger partial charge in [0.15, 0.2) is 0 Å². The summed E-state index contributed by atoms with van der Waals surface area (Å²) in [5.74, 6) is 1.17. The Kier molecular flexibility index (Phi) is 6.61. The molecule has 3 heterocycles. The molecule has 0 spiro atoms. The second kappa shape index (κ2) is 7.81. The van der Waals surface area contributed by atoms with Crippen LogP contribution in [0.5, 0.6) is 0 Å². The fourth-order valence-corrected chi connectivity index (χ4v) is 2.68. The molecule has 0 aromatic carbocycles. The van der Waals surface area contributed by atoms with E-state index in [-0.39, 0.29) is 24.8 Å². The van der Waals surface area contributed by atoms with E-state index >= 15 is 0 Å². The van der Waals surface area contributed by atoms with Crippen LogP contribution in [0.25, 0.3) is 11.4 Å². The van der Waals surface area contributed by atoms with Crippen molar-refractivity contribution in [2.75, 3.05) is 30.8 Å². The minimum atomic E-state index is 0. The molecule has 1 aliphatic heterocycles. The van der Waals surface area contributed by atoms with Gasteiger partial charge in [-0.25, -0.2) is 4.98 Å². The summed E-state index contributed by atoms with van der Waals surface area (Å²) in [6.45, 7) is 5.91. The third kappa shape index (κ3) is 3.85. The summed E-state index contributed by atoms with van der Waals surface area (Å²) in [5.41, 5.74) is 9.66. The summed E-state index contributed by atoms with van der Waals surface area (Å²) >= 11 is 0. The Morgan fingerprint density at radius 1 is 1.30 bits per heavy atom. The lowest BCUT2D eigenvalue weighted by Gasteiger charge is -2.18. The molecule has 128 valence electrons. The van der Waals surface area contributed by atoms with Crippen LogP contribution in [0.4, 0.5) is 11.8 Å². The molecule has 0 radical (unpaired) electrons. The van der Waals surface area contributed by atoms with Crippen LogP contribution in [0.2, 0.25) is 0 Å². The molecule has 3 rings (SSSR count).